The van der Waals surface area contributed by atoms with Crippen LogP contribution in [0.15, 0.2) is 0 Å². The van der Waals surface area contributed by atoms with Gasteiger partial charge in [0, 0.05) is 12.6 Å². The molecular weight excluding hydrogens is 172 g/mol. The summed E-state index contributed by atoms with van der Waals surface area (Å²) in [6.07, 6.45) is 8.04. The third-order valence-corrected chi connectivity index (χ3v) is 4.27. The second kappa shape index (κ2) is 4.19. The lowest BCUT2D eigenvalue weighted by Crippen LogP contribution is -2.39. The van der Waals surface area contributed by atoms with Crippen LogP contribution >= 0.6 is 0 Å². The lowest BCUT2D eigenvalue weighted by Gasteiger charge is -2.28. The van der Waals surface area contributed by atoms with Crippen molar-refractivity contribution in [2.75, 3.05) is 19.6 Å². The summed E-state index contributed by atoms with van der Waals surface area (Å²) in [4.78, 5) is 2.63. The lowest BCUT2D eigenvalue weighted by molar-refractivity contribution is 0.237. The van der Waals surface area contributed by atoms with E-state index in [1.807, 2.05) is 0 Å². The molecule has 1 saturated heterocycles. The molecule has 1 spiro atoms. The molecule has 0 amide bonds. The van der Waals surface area contributed by atoms with Crippen molar-refractivity contribution in [1.82, 2.24) is 4.90 Å². The lowest BCUT2D eigenvalue weighted by atomic mass is 9.82. The van der Waals surface area contributed by atoms with Gasteiger partial charge in [-0.3, -0.25) is 0 Å². The second-order valence-electron chi connectivity index (χ2n) is 5.24. The molecule has 2 aliphatic rings. The maximum atomic E-state index is 6.24. The SMILES string of the molecule is CCCCN1CCC2(CCCC2N)C1. The molecule has 2 atom stereocenters. The number of hydrogen-bond donors (Lipinski definition) is 1. The summed E-state index contributed by atoms with van der Waals surface area (Å²) in [5.74, 6) is 0. The number of rotatable bonds is 3. The first-order valence-corrected chi connectivity index (χ1v) is 6.25. The zero-order valence-electron chi connectivity index (χ0n) is 9.47. The predicted molar refractivity (Wildman–Crippen MR) is 60.2 cm³/mol. The van der Waals surface area contributed by atoms with Crippen LogP contribution in [0.2, 0.25) is 0 Å². The largest absolute Gasteiger partial charge is 0.327 e. The standard InChI is InChI=1S/C12H24N2/c1-2-3-8-14-9-7-12(10-14)6-4-5-11(12)13/h11H,2-10,13H2,1H3. The molecule has 2 unspecified atom stereocenters. The van der Waals surface area contributed by atoms with Crippen LogP contribution in [0.4, 0.5) is 0 Å². The molecule has 1 heterocycles. The molecular formula is C12H24N2. The minimum Gasteiger partial charge on any atom is -0.327 e. The average Bonchev–Trinajstić information content (AvgIpc) is 2.74. The van der Waals surface area contributed by atoms with E-state index in [1.54, 1.807) is 0 Å². The Hall–Kier alpha value is -0.0800. The van der Waals surface area contributed by atoms with Gasteiger partial charge >= 0.3 is 0 Å². The molecule has 0 bridgehead atoms. The Morgan fingerprint density at radius 1 is 1.43 bits per heavy atom. The van der Waals surface area contributed by atoms with E-state index in [0.717, 1.165) is 0 Å². The topological polar surface area (TPSA) is 29.3 Å². The third kappa shape index (κ3) is 1.82. The fourth-order valence-corrected chi connectivity index (χ4v) is 3.23. The first-order chi connectivity index (χ1) is 6.77. The van der Waals surface area contributed by atoms with Crippen molar-refractivity contribution < 1.29 is 0 Å². The van der Waals surface area contributed by atoms with Gasteiger partial charge in [0.2, 0.25) is 0 Å². The molecule has 1 saturated carbocycles. The van der Waals surface area contributed by atoms with Gasteiger partial charge in [0.15, 0.2) is 0 Å². The number of unbranched alkanes of at least 4 members (excludes halogenated alkanes) is 1. The highest BCUT2D eigenvalue weighted by atomic mass is 15.2. The van der Waals surface area contributed by atoms with Crippen molar-refractivity contribution >= 4 is 0 Å². The highest BCUT2D eigenvalue weighted by Gasteiger charge is 2.45. The Bertz CT molecular complexity index is 193. The highest BCUT2D eigenvalue weighted by molar-refractivity contribution is 5.00. The van der Waals surface area contributed by atoms with Crippen LogP contribution in [0.5, 0.6) is 0 Å². The third-order valence-electron chi connectivity index (χ3n) is 4.27. The molecule has 82 valence electrons. The molecule has 1 aliphatic heterocycles. The molecule has 2 nitrogen and oxygen atoms in total. The van der Waals surface area contributed by atoms with E-state index in [1.165, 1.54) is 58.2 Å². The summed E-state index contributed by atoms with van der Waals surface area (Å²) in [7, 11) is 0. The van der Waals surface area contributed by atoms with Gasteiger partial charge in [-0.15, -0.1) is 0 Å². The minimum absolute atomic E-state index is 0.495. The number of nitrogens with zero attached hydrogens (tertiary/aromatic N) is 1. The van der Waals surface area contributed by atoms with Crippen LogP contribution in [0.25, 0.3) is 0 Å². The molecule has 2 fully saturated rings. The summed E-state index contributed by atoms with van der Waals surface area (Å²) in [5.41, 5.74) is 6.76. The molecule has 2 N–H and O–H groups in total. The summed E-state index contributed by atoms with van der Waals surface area (Å²) in [5, 5.41) is 0. The normalized spacial score (nSPS) is 38.6. The number of likely N-dealkylation sites (tertiary alicyclic amines) is 1. The van der Waals surface area contributed by atoms with Gasteiger partial charge < -0.3 is 10.6 Å². The quantitative estimate of drug-likeness (QED) is 0.748. The van der Waals surface area contributed by atoms with Gasteiger partial charge in [0.25, 0.3) is 0 Å². The first-order valence-electron chi connectivity index (χ1n) is 6.25. The molecule has 0 aromatic carbocycles. The van der Waals surface area contributed by atoms with Gasteiger partial charge in [-0.2, -0.15) is 0 Å². The van der Waals surface area contributed by atoms with Gasteiger partial charge in [-0.05, 0) is 44.2 Å². The average molecular weight is 196 g/mol. The van der Waals surface area contributed by atoms with Crippen molar-refractivity contribution in [2.24, 2.45) is 11.1 Å². The Morgan fingerprint density at radius 2 is 2.29 bits per heavy atom. The van der Waals surface area contributed by atoms with Crippen molar-refractivity contribution in [2.45, 2.75) is 51.5 Å². The molecule has 2 heteroatoms. The van der Waals surface area contributed by atoms with E-state index < -0.39 is 0 Å². The van der Waals surface area contributed by atoms with Crippen LogP contribution in [-0.2, 0) is 0 Å². The maximum Gasteiger partial charge on any atom is 0.0108 e. The Balaban J connectivity index is 1.87. The van der Waals surface area contributed by atoms with Crippen molar-refractivity contribution in [3.8, 4) is 0 Å². The van der Waals surface area contributed by atoms with Crippen molar-refractivity contribution in [3.05, 3.63) is 0 Å². The predicted octanol–water partition coefficient (Wildman–Crippen LogP) is 1.99. The van der Waals surface area contributed by atoms with E-state index in [4.69, 9.17) is 5.73 Å². The van der Waals surface area contributed by atoms with Crippen LogP contribution in [0, 0.1) is 5.41 Å². The van der Waals surface area contributed by atoms with Crippen LogP contribution in [0.1, 0.15) is 45.4 Å². The summed E-state index contributed by atoms with van der Waals surface area (Å²) >= 11 is 0. The molecule has 2 rings (SSSR count). The summed E-state index contributed by atoms with van der Waals surface area (Å²) in [6, 6.07) is 0.495. The fraction of sp³-hybridized carbons (Fsp3) is 1.00. The molecule has 14 heavy (non-hydrogen) atoms. The smallest absolute Gasteiger partial charge is 0.0108 e. The highest BCUT2D eigenvalue weighted by Crippen LogP contribution is 2.44. The van der Waals surface area contributed by atoms with Gasteiger partial charge in [0.1, 0.15) is 0 Å². The van der Waals surface area contributed by atoms with Gasteiger partial charge in [-0.1, -0.05) is 19.8 Å². The first kappa shape index (κ1) is 10.4. The molecule has 0 aromatic rings. The van der Waals surface area contributed by atoms with Crippen LogP contribution < -0.4 is 5.73 Å². The van der Waals surface area contributed by atoms with Crippen molar-refractivity contribution in [3.63, 3.8) is 0 Å². The number of hydrogen-bond acceptors (Lipinski definition) is 2. The van der Waals surface area contributed by atoms with Gasteiger partial charge in [0.05, 0.1) is 0 Å². The monoisotopic (exact) mass is 196 g/mol. The zero-order valence-corrected chi connectivity index (χ0v) is 9.47. The minimum atomic E-state index is 0.495. The van der Waals surface area contributed by atoms with E-state index in [9.17, 15) is 0 Å². The zero-order chi connectivity index (χ0) is 10.0. The second-order valence-corrected chi connectivity index (χ2v) is 5.24. The molecule has 1 aliphatic carbocycles. The van der Waals surface area contributed by atoms with Crippen LogP contribution in [-0.4, -0.2) is 30.6 Å². The van der Waals surface area contributed by atoms with E-state index >= 15 is 0 Å². The Kier molecular flexibility index (Phi) is 3.13. The van der Waals surface area contributed by atoms with E-state index in [-0.39, 0.29) is 0 Å². The number of nitrogens with two attached hydrogens (primary N) is 1. The summed E-state index contributed by atoms with van der Waals surface area (Å²) < 4.78 is 0. The van der Waals surface area contributed by atoms with Crippen molar-refractivity contribution in [1.29, 1.82) is 0 Å². The summed E-state index contributed by atoms with van der Waals surface area (Å²) in [6.45, 7) is 6.15. The van der Waals surface area contributed by atoms with Gasteiger partial charge in [-0.25, -0.2) is 0 Å². The molecule has 0 radical (unpaired) electrons. The van der Waals surface area contributed by atoms with Crippen LogP contribution in [0.3, 0.4) is 0 Å². The van der Waals surface area contributed by atoms with E-state index in [0.29, 0.717) is 11.5 Å². The fourth-order valence-electron chi connectivity index (χ4n) is 3.23. The Morgan fingerprint density at radius 3 is 2.93 bits per heavy atom. The maximum absolute atomic E-state index is 6.24. The Labute approximate surface area is 87.8 Å². The van der Waals surface area contributed by atoms with E-state index in [2.05, 4.69) is 11.8 Å². The molecule has 0 aromatic heterocycles.